The summed E-state index contributed by atoms with van der Waals surface area (Å²) in [6.07, 6.45) is 0.960. The lowest BCUT2D eigenvalue weighted by Crippen LogP contribution is -2.25. The van der Waals surface area contributed by atoms with Crippen LogP contribution in [0.1, 0.15) is 13.3 Å². The van der Waals surface area contributed by atoms with Crippen molar-refractivity contribution >= 4 is 11.4 Å². The monoisotopic (exact) mass is 279 g/mol. The van der Waals surface area contributed by atoms with Crippen LogP contribution < -0.4 is 14.8 Å². The second-order valence-electron chi connectivity index (χ2n) is 5.35. The third-order valence-corrected chi connectivity index (χ3v) is 3.93. The molecule has 0 aliphatic carbocycles. The Kier molecular flexibility index (Phi) is 3.13. The smallest absolute Gasteiger partial charge is 0.296 e. The molecule has 108 valence electrons. The molecule has 0 aromatic heterocycles. The standard InChI is InChI=1S/C13H17N3O4/c1-8-3-9(6-15(8)2)14-10-4-12-13(20-7-19-12)5-11(10)16(17)18/h4-5,8-9,14H,3,6-7H2,1-2H3. The number of likely N-dealkylation sites (N-methyl/N-ethyl adjacent to an activating group) is 1. The number of nitro groups is 1. The molecule has 2 aliphatic heterocycles. The average molecular weight is 279 g/mol. The van der Waals surface area contributed by atoms with Gasteiger partial charge >= 0.3 is 0 Å². The Hall–Kier alpha value is -2.02. The van der Waals surface area contributed by atoms with Crippen LogP contribution in [-0.2, 0) is 0 Å². The highest BCUT2D eigenvalue weighted by atomic mass is 16.7. The number of rotatable bonds is 3. The van der Waals surface area contributed by atoms with Crippen LogP contribution >= 0.6 is 0 Å². The van der Waals surface area contributed by atoms with Crippen LogP contribution in [0.25, 0.3) is 0 Å². The quantitative estimate of drug-likeness (QED) is 0.672. The van der Waals surface area contributed by atoms with Crippen molar-refractivity contribution in [1.29, 1.82) is 0 Å². The van der Waals surface area contributed by atoms with E-state index in [4.69, 9.17) is 9.47 Å². The van der Waals surface area contributed by atoms with Crippen LogP contribution in [0.5, 0.6) is 11.5 Å². The van der Waals surface area contributed by atoms with Crippen LogP contribution in [0, 0.1) is 10.1 Å². The van der Waals surface area contributed by atoms with Gasteiger partial charge in [-0.2, -0.15) is 0 Å². The van der Waals surface area contributed by atoms with Gasteiger partial charge in [0, 0.05) is 24.7 Å². The maximum Gasteiger partial charge on any atom is 0.296 e. The molecule has 1 aromatic carbocycles. The lowest BCUT2D eigenvalue weighted by molar-refractivity contribution is -0.384. The Balaban J connectivity index is 1.87. The third kappa shape index (κ3) is 2.24. The first-order valence-corrected chi connectivity index (χ1v) is 6.59. The number of nitrogens with one attached hydrogen (secondary N) is 1. The van der Waals surface area contributed by atoms with E-state index in [1.807, 2.05) is 0 Å². The molecule has 2 unspecified atom stereocenters. The number of fused-ring (bicyclic) bond motifs is 1. The van der Waals surface area contributed by atoms with E-state index in [0.29, 0.717) is 23.2 Å². The maximum absolute atomic E-state index is 11.2. The predicted octanol–water partition coefficient (Wildman–Crippen LogP) is 1.83. The van der Waals surface area contributed by atoms with Crippen molar-refractivity contribution in [3.8, 4) is 11.5 Å². The maximum atomic E-state index is 11.2. The highest BCUT2D eigenvalue weighted by Gasteiger charge is 2.29. The van der Waals surface area contributed by atoms with Crippen molar-refractivity contribution in [2.75, 3.05) is 25.7 Å². The molecule has 3 rings (SSSR count). The molecule has 1 aromatic rings. The van der Waals surface area contributed by atoms with E-state index in [9.17, 15) is 10.1 Å². The third-order valence-electron chi connectivity index (χ3n) is 3.93. The lowest BCUT2D eigenvalue weighted by Gasteiger charge is -2.14. The summed E-state index contributed by atoms with van der Waals surface area (Å²) in [7, 11) is 2.06. The van der Waals surface area contributed by atoms with E-state index in [1.165, 1.54) is 6.07 Å². The fourth-order valence-electron chi connectivity index (χ4n) is 2.72. The first-order chi connectivity index (χ1) is 9.54. The number of nitro benzene ring substituents is 1. The van der Waals surface area contributed by atoms with E-state index in [0.717, 1.165) is 13.0 Å². The van der Waals surface area contributed by atoms with Crippen molar-refractivity contribution in [2.24, 2.45) is 0 Å². The largest absolute Gasteiger partial charge is 0.454 e. The Morgan fingerprint density at radius 2 is 2.10 bits per heavy atom. The molecule has 2 atom stereocenters. The zero-order valence-electron chi connectivity index (χ0n) is 11.5. The van der Waals surface area contributed by atoms with E-state index in [-0.39, 0.29) is 18.5 Å². The van der Waals surface area contributed by atoms with E-state index < -0.39 is 4.92 Å². The van der Waals surface area contributed by atoms with Gasteiger partial charge in [0.1, 0.15) is 5.69 Å². The molecule has 0 saturated carbocycles. The first-order valence-electron chi connectivity index (χ1n) is 6.59. The average Bonchev–Trinajstić information content (AvgIpc) is 2.95. The molecule has 2 aliphatic rings. The van der Waals surface area contributed by atoms with Gasteiger partial charge in [-0.05, 0) is 20.4 Å². The van der Waals surface area contributed by atoms with Gasteiger partial charge in [-0.15, -0.1) is 0 Å². The number of nitrogens with zero attached hydrogens (tertiary/aromatic N) is 2. The number of anilines is 1. The molecule has 0 spiro atoms. The van der Waals surface area contributed by atoms with Crippen LogP contribution in [0.15, 0.2) is 12.1 Å². The van der Waals surface area contributed by atoms with Crippen LogP contribution in [0.2, 0.25) is 0 Å². The fourth-order valence-corrected chi connectivity index (χ4v) is 2.72. The Morgan fingerprint density at radius 3 is 2.70 bits per heavy atom. The lowest BCUT2D eigenvalue weighted by atomic mass is 10.1. The first kappa shape index (κ1) is 13.0. The molecule has 0 radical (unpaired) electrons. The number of hydrogen-bond acceptors (Lipinski definition) is 6. The van der Waals surface area contributed by atoms with Gasteiger partial charge in [-0.3, -0.25) is 10.1 Å². The molecule has 0 bridgehead atoms. The SMILES string of the molecule is CC1CC(Nc2cc3c(cc2[N+](=O)[O-])OCO3)CN1C. The van der Waals surface area contributed by atoms with E-state index >= 15 is 0 Å². The number of likely N-dealkylation sites (tertiary alicyclic amines) is 1. The van der Waals surface area contributed by atoms with Crippen molar-refractivity contribution in [3.63, 3.8) is 0 Å². The summed E-state index contributed by atoms with van der Waals surface area (Å²) in [6.45, 7) is 3.13. The molecule has 1 saturated heterocycles. The van der Waals surface area contributed by atoms with Crippen LogP contribution in [0.3, 0.4) is 0 Å². The van der Waals surface area contributed by atoms with Crippen LogP contribution in [-0.4, -0.2) is 42.3 Å². The molecule has 7 heteroatoms. The van der Waals surface area contributed by atoms with Crippen molar-refractivity contribution in [1.82, 2.24) is 4.90 Å². The summed E-state index contributed by atoms with van der Waals surface area (Å²) in [6, 6.07) is 3.76. The summed E-state index contributed by atoms with van der Waals surface area (Å²) in [5, 5.41) is 14.4. The molecule has 1 N–H and O–H groups in total. The zero-order chi connectivity index (χ0) is 14.3. The highest BCUT2D eigenvalue weighted by molar-refractivity contribution is 5.69. The minimum Gasteiger partial charge on any atom is -0.454 e. The number of benzene rings is 1. The van der Waals surface area contributed by atoms with Gasteiger partial charge in [0.05, 0.1) is 11.0 Å². The van der Waals surface area contributed by atoms with Crippen molar-refractivity contribution in [2.45, 2.75) is 25.4 Å². The van der Waals surface area contributed by atoms with Gasteiger partial charge in [0.15, 0.2) is 11.5 Å². The minimum atomic E-state index is -0.396. The normalized spacial score (nSPS) is 24.9. The zero-order valence-corrected chi connectivity index (χ0v) is 11.5. The Labute approximate surface area is 116 Å². The van der Waals surface area contributed by atoms with Crippen LogP contribution in [0.4, 0.5) is 11.4 Å². The molecule has 2 heterocycles. The van der Waals surface area contributed by atoms with Gasteiger partial charge < -0.3 is 19.7 Å². The van der Waals surface area contributed by atoms with Gasteiger partial charge in [0.25, 0.3) is 5.69 Å². The second kappa shape index (κ2) is 4.82. The van der Waals surface area contributed by atoms with Crippen molar-refractivity contribution in [3.05, 3.63) is 22.2 Å². The molecular formula is C13H17N3O4. The minimum absolute atomic E-state index is 0.0245. The summed E-state index contributed by atoms with van der Waals surface area (Å²) >= 11 is 0. The number of hydrogen-bond donors (Lipinski definition) is 1. The van der Waals surface area contributed by atoms with E-state index in [1.54, 1.807) is 6.07 Å². The molecule has 7 nitrogen and oxygen atoms in total. The van der Waals surface area contributed by atoms with Gasteiger partial charge in [0.2, 0.25) is 6.79 Å². The summed E-state index contributed by atoms with van der Waals surface area (Å²) in [4.78, 5) is 13.0. The molecule has 1 fully saturated rings. The molecule has 20 heavy (non-hydrogen) atoms. The summed E-state index contributed by atoms with van der Waals surface area (Å²) in [5.74, 6) is 0.983. The van der Waals surface area contributed by atoms with E-state index in [2.05, 4.69) is 24.2 Å². The molecular weight excluding hydrogens is 262 g/mol. The summed E-state index contributed by atoms with van der Waals surface area (Å²) in [5.41, 5.74) is 0.517. The van der Waals surface area contributed by atoms with Crippen molar-refractivity contribution < 1.29 is 14.4 Å². The topological polar surface area (TPSA) is 76.9 Å². The Morgan fingerprint density at radius 1 is 1.40 bits per heavy atom. The van der Waals surface area contributed by atoms with Gasteiger partial charge in [-0.1, -0.05) is 0 Å². The molecule has 0 amide bonds. The Bertz CT molecular complexity index is 539. The van der Waals surface area contributed by atoms with Gasteiger partial charge in [-0.25, -0.2) is 0 Å². The summed E-state index contributed by atoms with van der Waals surface area (Å²) < 4.78 is 10.5. The predicted molar refractivity (Wildman–Crippen MR) is 73.3 cm³/mol. The highest BCUT2D eigenvalue weighted by Crippen LogP contribution is 2.41. The fraction of sp³-hybridized carbons (Fsp3) is 0.538. The second-order valence-corrected chi connectivity index (χ2v) is 5.35. The number of ether oxygens (including phenoxy) is 2.